The molecule has 2 amide bonds. The summed E-state index contributed by atoms with van der Waals surface area (Å²) in [5.41, 5.74) is 0.746. The molecule has 1 atom stereocenters. The summed E-state index contributed by atoms with van der Waals surface area (Å²) in [5.74, 6) is 0.0797. The van der Waals surface area contributed by atoms with Gasteiger partial charge in [0.2, 0.25) is 11.8 Å². The lowest BCUT2D eigenvalue weighted by Crippen LogP contribution is -2.50. The maximum Gasteiger partial charge on any atom is 0.241 e. The minimum absolute atomic E-state index is 0.00658. The molecule has 0 bridgehead atoms. The van der Waals surface area contributed by atoms with E-state index in [0.717, 1.165) is 31.6 Å². The maximum atomic E-state index is 12.4. The largest absolute Gasteiger partial charge is 0.353 e. The SMILES string of the molecule is CC(C)C(=O)NC1CCN(C(C)C(=O)Nc2ccc(Cl)cc2)CC1. The Morgan fingerprint density at radius 1 is 1.08 bits per heavy atom. The molecular formula is C18H26ClN3O2. The van der Waals surface area contributed by atoms with Crippen molar-refractivity contribution in [3.63, 3.8) is 0 Å². The van der Waals surface area contributed by atoms with Crippen LogP contribution in [-0.2, 0) is 9.59 Å². The number of halogens is 1. The summed E-state index contributed by atoms with van der Waals surface area (Å²) in [6.45, 7) is 7.32. The van der Waals surface area contributed by atoms with Crippen molar-refractivity contribution in [2.75, 3.05) is 18.4 Å². The van der Waals surface area contributed by atoms with Crippen molar-refractivity contribution in [3.05, 3.63) is 29.3 Å². The quantitative estimate of drug-likeness (QED) is 0.857. The standard InChI is InChI=1S/C18H26ClN3O2/c1-12(2)17(23)20-16-8-10-22(11-9-16)13(3)18(24)21-15-6-4-14(19)5-7-15/h4-7,12-13,16H,8-11H2,1-3H3,(H,20,23)(H,21,24). The lowest BCUT2D eigenvalue weighted by atomic mass is 10.0. The van der Waals surface area contributed by atoms with E-state index in [4.69, 9.17) is 11.6 Å². The Kier molecular flexibility index (Phi) is 6.63. The molecule has 1 fully saturated rings. The molecule has 1 aliphatic heterocycles. The number of piperidine rings is 1. The van der Waals surface area contributed by atoms with Gasteiger partial charge in [0, 0.05) is 35.8 Å². The van der Waals surface area contributed by atoms with Crippen LogP contribution in [0.1, 0.15) is 33.6 Å². The molecule has 1 aromatic rings. The number of benzene rings is 1. The van der Waals surface area contributed by atoms with Crippen LogP contribution in [0.4, 0.5) is 5.69 Å². The Hall–Kier alpha value is -1.59. The van der Waals surface area contributed by atoms with Gasteiger partial charge < -0.3 is 10.6 Å². The molecule has 1 aliphatic rings. The fraction of sp³-hybridized carbons (Fsp3) is 0.556. The summed E-state index contributed by atoms with van der Waals surface area (Å²) in [4.78, 5) is 26.3. The average Bonchev–Trinajstić information content (AvgIpc) is 2.56. The van der Waals surface area contributed by atoms with E-state index in [1.54, 1.807) is 24.3 Å². The van der Waals surface area contributed by atoms with Crippen molar-refractivity contribution in [2.45, 2.75) is 45.7 Å². The van der Waals surface area contributed by atoms with E-state index in [1.165, 1.54) is 0 Å². The molecule has 1 heterocycles. The number of hydrogen-bond donors (Lipinski definition) is 2. The molecule has 2 N–H and O–H groups in total. The number of likely N-dealkylation sites (tertiary alicyclic amines) is 1. The molecule has 0 aromatic heterocycles. The summed E-state index contributed by atoms with van der Waals surface area (Å²) in [6.07, 6.45) is 1.74. The zero-order chi connectivity index (χ0) is 17.7. The number of amides is 2. The van der Waals surface area contributed by atoms with Gasteiger partial charge in [-0.25, -0.2) is 0 Å². The van der Waals surface area contributed by atoms with Gasteiger partial charge in [-0.1, -0.05) is 25.4 Å². The second-order valence-electron chi connectivity index (χ2n) is 6.65. The molecule has 1 aromatic carbocycles. The summed E-state index contributed by atoms with van der Waals surface area (Å²) in [6, 6.07) is 7.10. The number of carbonyl (C=O) groups excluding carboxylic acids is 2. The molecule has 0 saturated carbocycles. The van der Waals surface area contributed by atoms with Gasteiger partial charge in [-0.15, -0.1) is 0 Å². The van der Waals surface area contributed by atoms with E-state index in [0.29, 0.717) is 5.02 Å². The number of nitrogens with one attached hydrogen (secondary N) is 2. The zero-order valence-electron chi connectivity index (χ0n) is 14.5. The third-order valence-electron chi connectivity index (χ3n) is 4.44. The maximum absolute atomic E-state index is 12.4. The van der Waals surface area contributed by atoms with Crippen LogP contribution in [0.3, 0.4) is 0 Å². The minimum Gasteiger partial charge on any atom is -0.353 e. The van der Waals surface area contributed by atoms with E-state index < -0.39 is 0 Å². The van der Waals surface area contributed by atoms with Gasteiger partial charge in [-0.05, 0) is 44.0 Å². The Balaban J connectivity index is 1.81. The molecule has 1 unspecified atom stereocenters. The number of hydrogen-bond acceptors (Lipinski definition) is 3. The van der Waals surface area contributed by atoms with Crippen LogP contribution in [0.15, 0.2) is 24.3 Å². The number of rotatable bonds is 5. The minimum atomic E-state index is -0.206. The van der Waals surface area contributed by atoms with Crippen LogP contribution in [0.25, 0.3) is 0 Å². The molecule has 24 heavy (non-hydrogen) atoms. The molecule has 0 spiro atoms. The number of anilines is 1. The highest BCUT2D eigenvalue weighted by atomic mass is 35.5. The summed E-state index contributed by atoms with van der Waals surface area (Å²) in [5, 5.41) is 6.63. The van der Waals surface area contributed by atoms with Gasteiger partial charge in [0.1, 0.15) is 0 Å². The Morgan fingerprint density at radius 3 is 2.21 bits per heavy atom. The molecule has 0 aliphatic carbocycles. The smallest absolute Gasteiger partial charge is 0.241 e. The monoisotopic (exact) mass is 351 g/mol. The molecule has 2 rings (SSSR count). The highest BCUT2D eigenvalue weighted by Crippen LogP contribution is 2.17. The molecule has 6 heteroatoms. The zero-order valence-corrected chi connectivity index (χ0v) is 15.3. The van der Waals surface area contributed by atoms with Gasteiger partial charge in [-0.3, -0.25) is 14.5 Å². The van der Waals surface area contributed by atoms with E-state index in [2.05, 4.69) is 15.5 Å². The van der Waals surface area contributed by atoms with Crippen molar-refractivity contribution in [1.82, 2.24) is 10.2 Å². The van der Waals surface area contributed by atoms with Crippen molar-refractivity contribution in [2.24, 2.45) is 5.92 Å². The van der Waals surface area contributed by atoms with E-state index in [9.17, 15) is 9.59 Å². The van der Waals surface area contributed by atoms with Gasteiger partial charge in [0.05, 0.1) is 6.04 Å². The van der Waals surface area contributed by atoms with E-state index >= 15 is 0 Å². The first kappa shape index (κ1) is 18.7. The Morgan fingerprint density at radius 2 is 1.67 bits per heavy atom. The fourth-order valence-corrected chi connectivity index (χ4v) is 2.87. The van der Waals surface area contributed by atoms with Gasteiger partial charge in [-0.2, -0.15) is 0 Å². The predicted octanol–water partition coefficient (Wildman–Crippen LogP) is 2.90. The number of nitrogens with zero attached hydrogens (tertiary/aromatic N) is 1. The second-order valence-corrected chi connectivity index (χ2v) is 7.08. The van der Waals surface area contributed by atoms with E-state index in [-0.39, 0.29) is 29.8 Å². The average molecular weight is 352 g/mol. The van der Waals surface area contributed by atoms with Crippen molar-refractivity contribution < 1.29 is 9.59 Å². The van der Waals surface area contributed by atoms with Crippen molar-refractivity contribution in [1.29, 1.82) is 0 Å². The normalized spacial score (nSPS) is 17.5. The molecule has 0 radical (unpaired) electrons. The predicted molar refractivity (Wildman–Crippen MR) is 97.1 cm³/mol. The van der Waals surface area contributed by atoms with Crippen LogP contribution in [0.5, 0.6) is 0 Å². The molecule has 5 nitrogen and oxygen atoms in total. The van der Waals surface area contributed by atoms with Crippen molar-refractivity contribution in [3.8, 4) is 0 Å². The summed E-state index contributed by atoms with van der Waals surface area (Å²) in [7, 11) is 0. The Bertz CT molecular complexity index is 566. The highest BCUT2D eigenvalue weighted by Gasteiger charge is 2.27. The molecular weight excluding hydrogens is 326 g/mol. The molecule has 1 saturated heterocycles. The Labute approximate surface area is 148 Å². The van der Waals surface area contributed by atoms with Gasteiger partial charge in [0.15, 0.2) is 0 Å². The van der Waals surface area contributed by atoms with Crippen LogP contribution < -0.4 is 10.6 Å². The molecule has 132 valence electrons. The van der Waals surface area contributed by atoms with Crippen LogP contribution >= 0.6 is 11.6 Å². The second kappa shape index (κ2) is 8.49. The van der Waals surface area contributed by atoms with Crippen LogP contribution in [-0.4, -0.2) is 41.9 Å². The third-order valence-corrected chi connectivity index (χ3v) is 4.69. The highest BCUT2D eigenvalue weighted by molar-refractivity contribution is 6.30. The topological polar surface area (TPSA) is 61.4 Å². The first-order valence-corrected chi connectivity index (χ1v) is 8.85. The van der Waals surface area contributed by atoms with Gasteiger partial charge in [0.25, 0.3) is 0 Å². The van der Waals surface area contributed by atoms with Gasteiger partial charge >= 0.3 is 0 Å². The van der Waals surface area contributed by atoms with Crippen LogP contribution in [0, 0.1) is 5.92 Å². The first-order valence-electron chi connectivity index (χ1n) is 8.47. The van der Waals surface area contributed by atoms with E-state index in [1.807, 2.05) is 20.8 Å². The van der Waals surface area contributed by atoms with Crippen molar-refractivity contribution >= 4 is 29.1 Å². The summed E-state index contributed by atoms with van der Waals surface area (Å²) < 4.78 is 0. The third kappa shape index (κ3) is 5.21. The van der Waals surface area contributed by atoms with Crippen LogP contribution in [0.2, 0.25) is 5.02 Å². The number of carbonyl (C=O) groups is 2. The lowest BCUT2D eigenvalue weighted by molar-refractivity contribution is -0.126. The lowest BCUT2D eigenvalue weighted by Gasteiger charge is -2.35. The summed E-state index contributed by atoms with van der Waals surface area (Å²) >= 11 is 5.85. The fourth-order valence-electron chi connectivity index (χ4n) is 2.74. The first-order chi connectivity index (χ1) is 11.4.